The Labute approximate surface area is 161 Å². The van der Waals surface area contributed by atoms with E-state index in [0.29, 0.717) is 22.1 Å². The summed E-state index contributed by atoms with van der Waals surface area (Å²) in [5, 5.41) is 13.0. The van der Waals surface area contributed by atoms with Gasteiger partial charge in [0.1, 0.15) is 5.82 Å². The van der Waals surface area contributed by atoms with Crippen LogP contribution >= 0.6 is 11.6 Å². The molecule has 0 bridgehead atoms. The SMILES string of the molecule is Cc1nc(-c2cccc(NC(=O)CCNC(=O)c3ccc(Cl)cc3)c2)n[nH]1. The number of benzene rings is 2. The van der Waals surface area contributed by atoms with Crippen LogP contribution in [0.1, 0.15) is 22.6 Å². The highest BCUT2D eigenvalue weighted by atomic mass is 35.5. The van der Waals surface area contributed by atoms with Gasteiger partial charge in [-0.1, -0.05) is 23.7 Å². The summed E-state index contributed by atoms with van der Waals surface area (Å²) >= 11 is 5.80. The lowest BCUT2D eigenvalue weighted by Gasteiger charge is -2.08. The standard InChI is InChI=1S/C19H18ClN5O2/c1-12-22-18(25-24-12)14-3-2-4-16(11-14)23-17(26)9-10-21-19(27)13-5-7-15(20)8-6-13/h2-8,11H,9-10H2,1H3,(H,21,27)(H,23,26)(H,22,24,25). The van der Waals surface area contributed by atoms with Crippen molar-refractivity contribution in [2.24, 2.45) is 0 Å². The quantitative estimate of drug-likeness (QED) is 0.608. The third-order valence-corrected chi connectivity index (χ3v) is 4.00. The smallest absolute Gasteiger partial charge is 0.251 e. The lowest BCUT2D eigenvalue weighted by molar-refractivity contribution is -0.116. The molecule has 0 spiro atoms. The molecular weight excluding hydrogens is 366 g/mol. The number of carbonyl (C=O) groups excluding carboxylic acids is 2. The molecule has 0 fully saturated rings. The maximum atomic E-state index is 12.1. The van der Waals surface area contributed by atoms with Crippen molar-refractivity contribution in [1.82, 2.24) is 20.5 Å². The van der Waals surface area contributed by atoms with Crippen molar-refractivity contribution in [3.63, 3.8) is 0 Å². The molecule has 3 aromatic rings. The van der Waals surface area contributed by atoms with Crippen molar-refractivity contribution in [3.8, 4) is 11.4 Å². The fourth-order valence-electron chi connectivity index (χ4n) is 2.42. The van der Waals surface area contributed by atoms with Crippen LogP contribution in [0.25, 0.3) is 11.4 Å². The third kappa shape index (κ3) is 5.15. The van der Waals surface area contributed by atoms with E-state index < -0.39 is 0 Å². The molecule has 0 aliphatic carbocycles. The van der Waals surface area contributed by atoms with E-state index in [9.17, 15) is 9.59 Å². The first-order valence-electron chi connectivity index (χ1n) is 8.34. The summed E-state index contributed by atoms with van der Waals surface area (Å²) in [5.74, 6) is 0.839. The Morgan fingerprint density at radius 3 is 2.63 bits per heavy atom. The highest BCUT2D eigenvalue weighted by Crippen LogP contribution is 2.19. The van der Waals surface area contributed by atoms with Crippen molar-refractivity contribution >= 4 is 29.1 Å². The molecule has 2 amide bonds. The molecular formula is C19H18ClN5O2. The number of nitrogens with zero attached hydrogens (tertiary/aromatic N) is 2. The van der Waals surface area contributed by atoms with Crippen molar-refractivity contribution in [2.75, 3.05) is 11.9 Å². The van der Waals surface area contributed by atoms with Crippen LogP contribution in [-0.2, 0) is 4.79 Å². The zero-order valence-corrected chi connectivity index (χ0v) is 15.4. The van der Waals surface area contributed by atoms with Gasteiger partial charge in [-0.05, 0) is 43.3 Å². The van der Waals surface area contributed by atoms with E-state index in [2.05, 4.69) is 25.8 Å². The largest absolute Gasteiger partial charge is 0.352 e. The molecule has 0 aliphatic rings. The molecule has 8 heteroatoms. The number of halogens is 1. The van der Waals surface area contributed by atoms with Crippen LogP contribution in [0, 0.1) is 6.92 Å². The van der Waals surface area contributed by atoms with Gasteiger partial charge in [-0.25, -0.2) is 4.98 Å². The fraction of sp³-hybridized carbons (Fsp3) is 0.158. The Bertz CT molecular complexity index is 953. The van der Waals surface area contributed by atoms with Crippen molar-refractivity contribution in [3.05, 3.63) is 64.9 Å². The number of carbonyl (C=O) groups is 2. The van der Waals surface area contributed by atoms with Gasteiger partial charge in [0.15, 0.2) is 5.82 Å². The number of rotatable bonds is 6. The molecule has 3 N–H and O–H groups in total. The van der Waals surface area contributed by atoms with Gasteiger partial charge in [-0.15, -0.1) is 0 Å². The van der Waals surface area contributed by atoms with Gasteiger partial charge in [0, 0.05) is 34.8 Å². The van der Waals surface area contributed by atoms with E-state index in [1.54, 1.807) is 36.4 Å². The predicted molar refractivity (Wildman–Crippen MR) is 104 cm³/mol. The second kappa shape index (κ2) is 8.46. The Morgan fingerprint density at radius 2 is 1.93 bits per heavy atom. The third-order valence-electron chi connectivity index (χ3n) is 3.75. The topological polar surface area (TPSA) is 99.8 Å². The maximum absolute atomic E-state index is 12.1. The average Bonchev–Trinajstić information content (AvgIpc) is 3.09. The van der Waals surface area contributed by atoms with E-state index >= 15 is 0 Å². The zero-order chi connectivity index (χ0) is 19.2. The number of hydrogen-bond donors (Lipinski definition) is 3. The molecule has 0 radical (unpaired) electrons. The van der Waals surface area contributed by atoms with Gasteiger partial charge >= 0.3 is 0 Å². The number of anilines is 1. The van der Waals surface area contributed by atoms with E-state index in [-0.39, 0.29) is 24.8 Å². The summed E-state index contributed by atoms with van der Waals surface area (Å²) < 4.78 is 0. The fourth-order valence-corrected chi connectivity index (χ4v) is 2.55. The molecule has 1 heterocycles. The van der Waals surface area contributed by atoms with Crippen LogP contribution in [0.2, 0.25) is 5.02 Å². The van der Waals surface area contributed by atoms with Gasteiger partial charge in [0.05, 0.1) is 0 Å². The van der Waals surface area contributed by atoms with Crippen molar-refractivity contribution < 1.29 is 9.59 Å². The van der Waals surface area contributed by atoms with Gasteiger partial charge in [0.25, 0.3) is 5.91 Å². The van der Waals surface area contributed by atoms with Crippen LogP contribution in [0.15, 0.2) is 48.5 Å². The minimum Gasteiger partial charge on any atom is -0.352 e. The average molecular weight is 384 g/mol. The summed E-state index contributed by atoms with van der Waals surface area (Å²) in [6.07, 6.45) is 0.156. The molecule has 0 saturated heterocycles. The maximum Gasteiger partial charge on any atom is 0.251 e. The zero-order valence-electron chi connectivity index (χ0n) is 14.6. The van der Waals surface area contributed by atoms with Gasteiger partial charge in [-0.3, -0.25) is 14.7 Å². The van der Waals surface area contributed by atoms with Crippen LogP contribution in [0.4, 0.5) is 5.69 Å². The molecule has 0 unspecified atom stereocenters. The van der Waals surface area contributed by atoms with Crippen LogP contribution in [0.5, 0.6) is 0 Å². The van der Waals surface area contributed by atoms with Crippen LogP contribution < -0.4 is 10.6 Å². The highest BCUT2D eigenvalue weighted by Gasteiger charge is 2.09. The second-order valence-electron chi connectivity index (χ2n) is 5.89. The number of aromatic amines is 1. The number of hydrogen-bond acceptors (Lipinski definition) is 4. The first-order valence-corrected chi connectivity index (χ1v) is 8.72. The van der Waals surface area contributed by atoms with E-state index in [0.717, 1.165) is 11.4 Å². The Morgan fingerprint density at radius 1 is 1.15 bits per heavy atom. The van der Waals surface area contributed by atoms with Gasteiger partial charge < -0.3 is 10.6 Å². The summed E-state index contributed by atoms with van der Waals surface area (Å²) in [6, 6.07) is 13.8. The summed E-state index contributed by atoms with van der Waals surface area (Å²) in [6.45, 7) is 2.05. The first-order chi connectivity index (χ1) is 13.0. The van der Waals surface area contributed by atoms with Crippen molar-refractivity contribution in [1.29, 1.82) is 0 Å². The van der Waals surface area contributed by atoms with E-state index in [1.807, 2.05) is 19.1 Å². The van der Waals surface area contributed by atoms with E-state index in [1.165, 1.54) is 0 Å². The molecule has 138 valence electrons. The second-order valence-corrected chi connectivity index (χ2v) is 6.32. The number of aryl methyl sites for hydroxylation is 1. The molecule has 27 heavy (non-hydrogen) atoms. The highest BCUT2D eigenvalue weighted by molar-refractivity contribution is 6.30. The first kappa shape index (κ1) is 18.6. The van der Waals surface area contributed by atoms with Crippen LogP contribution in [0.3, 0.4) is 0 Å². The number of aromatic nitrogens is 3. The number of amides is 2. The molecule has 0 saturated carbocycles. The Kier molecular flexibility index (Phi) is 5.83. The minimum atomic E-state index is -0.249. The Balaban J connectivity index is 1.51. The molecule has 0 atom stereocenters. The predicted octanol–water partition coefficient (Wildman–Crippen LogP) is 3.19. The van der Waals surface area contributed by atoms with E-state index in [4.69, 9.17) is 11.6 Å². The lowest BCUT2D eigenvalue weighted by Crippen LogP contribution is -2.27. The van der Waals surface area contributed by atoms with Crippen LogP contribution in [-0.4, -0.2) is 33.5 Å². The Hall–Kier alpha value is -3.19. The summed E-state index contributed by atoms with van der Waals surface area (Å²) in [4.78, 5) is 28.4. The summed E-state index contributed by atoms with van der Waals surface area (Å²) in [5.41, 5.74) is 1.94. The van der Waals surface area contributed by atoms with Crippen molar-refractivity contribution in [2.45, 2.75) is 13.3 Å². The summed E-state index contributed by atoms with van der Waals surface area (Å²) in [7, 11) is 0. The number of nitrogens with one attached hydrogen (secondary N) is 3. The monoisotopic (exact) mass is 383 g/mol. The lowest BCUT2D eigenvalue weighted by atomic mass is 10.2. The molecule has 2 aromatic carbocycles. The van der Waals surface area contributed by atoms with Gasteiger partial charge in [0.2, 0.25) is 5.91 Å². The molecule has 0 aliphatic heterocycles. The molecule has 7 nitrogen and oxygen atoms in total. The molecule has 1 aromatic heterocycles. The van der Waals surface area contributed by atoms with Gasteiger partial charge in [-0.2, -0.15) is 5.10 Å². The normalized spacial score (nSPS) is 10.4. The molecule has 3 rings (SSSR count). The number of H-pyrrole nitrogens is 1. The minimum absolute atomic E-state index is 0.156.